The summed E-state index contributed by atoms with van der Waals surface area (Å²) >= 11 is 0. The number of imidazole rings is 1. The van der Waals surface area contributed by atoms with Crippen molar-refractivity contribution in [2.75, 3.05) is 24.7 Å². The minimum Gasteiger partial charge on any atom is -0.368 e. The van der Waals surface area contributed by atoms with E-state index in [0.29, 0.717) is 12.0 Å². The Kier molecular flexibility index (Phi) is 5.41. The van der Waals surface area contributed by atoms with Crippen molar-refractivity contribution in [2.24, 2.45) is 5.92 Å². The van der Waals surface area contributed by atoms with Gasteiger partial charge in [-0.2, -0.15) is 9.97 Å². The van der Waals surface area contributed by atoms with Gasteiger partial charge in [-0.3, -0.25) is 4.57 Å². The SMILES string of the molecule is CC.CC[C@@H]1C[C@H](C)[C@H](n2cnc3c(N(C)C)nc(N)nc32)O1. The lowest BCUT2D eigenvalue weighted by molar-refractivity contribution is -0.00903. The Bertz CT molecular complexity index is 653. The molecule has 7 heteroatoms. The average molecular weight is 320 g/mol. The van der Waals surface area contributed by atoms with Crippen molar-refractivity contribution >= 4 is 22.9 Å². The van der Waals surface area contributed by atoms with E-state index in [9.17, 15) is 0 Å². The van der Waals surface area contributed by atoms with Crippen molar-refractivity contribution in [3.05, 3.63) is 6.33 Å². The van der Waals surface area contributed by atoms with Gasteiger partial charge in [0.25, 0.3) is 0 Å². The summed E-state index contributed by atoms with van der Waals surface area (Å²) in [7, 11) is 3.84. The van der Waals surface area contributed by atoms with Crippen LogP contribution in [-0.2, 0) is 4.74 Å². The summed E-state index contributed by atoms with van der Waals surface area (Å²) in [5.41, 5.74) is 7.34. The van der Waals surface area contributed by atoms with E-state index in [1.165, 1.54) is 0 Å². The van der Waals surface area contributed by atoms with E-state index < -0.39 is 0 Å². The van der Waals surface area contributed by atoms with Crippen LogP contribution in [0.5, 0.6) is 0 Å². The van der Waals surface area contributed by atoms with E-state index in [0.717, 1.165) is 29.8 Å². The second-order valence-electron chi connectivity index (χ2n) is 5.89. The Hall–Kier alpha value is -1.89. The Morgan fingerprint density at radius 1 is 1.35 bits per heavy atom. The van der Waals surface area contributed by atoms with Crippen LogP contribution in [-0.4, -0.2) is 39.7 Å². The normalized spacial score (nSPS) is 23.7. The van der Waals surface area contributed by atoms with Crippen LogP contribution in [0, 0.1) is 5.92 Å². The highest BCUT2D eigenvalue weighted by Gasteiger charge is 2.33. The minimum absolute atomic E-state index is 0.0377. The molecule has 3 rings (SSSR count). The molecule has 23 heavy (non-hydrogen) atoms. The molecule has 0 unspecified atom stereocenters. The average Bonchev–Trinajstić information content (AvgIpc) is 3.11. The van der Waals surface area contributed by atoms with E-state index in [1.807, 2.05) is 37.4 Å². The third-order valence-electron chi connectivity index (χ3n) is 4.03. The third-order valence-corrected chi connectivity index (χ3v) is 4.03. The summed E-state index contributed by atoms with van der Waals surface area (Å²) in [6, 6.07) is 0. The molecule has 0 radical (unpaired) electrons. The molecule has 0 aromatic carbocycles. The topological polar surface area (TPSA) is 82.1 Å². The van der Waals surface area contributed by atoms with Crippen LogP contribution in [0.4, 0.5) is 11.8 Å². The highest BCUT2D eigenvalue weighted by molar-refractivity contribution is 5.84. The first-order valence-corrected chi connectivity index (χ1v) is 8.34. The predicted molar refractivity (Wildman–Crippen MR) is 93.4 cm³/mol. The van der Waals surface area contributed by atoms with Gasteiger partial charge in [-0.1, -0.05) is 27.7 Å². The first kappa shape index (κ1) is 17.5. The molecule has 1 aliphatic rings. The lowest BCUT2D eigenvalue weighted by Gasteiger charge is -2.18. The zero-order valence-corrected chi connectivity index (χ0v) is 14.9. The predicted octanol–water partition coefficient (Wildman–Crippen LogP) is 2.83. The molecule has 3 atom stereocenters. The minimum atomic E-state index is -0.0377. The van der Waals surface area contributed by atoms with Gasteiger partial charge >= 0.3 is 0 Å². The molecular formula is C16H28N6O. The summed E-state index contributed by atoms with van der Waals surface area (Å²) < 4.78 is 8.11. The fraction of sp³-hybridized carbons (Fsp3) is 0.688. The summed E-state index contributed by atoms with van der Waals surface area (Å²) in [6.07, 6.45) is 4.12. The summed E-state index contributed by atoms with van der Waals surface area (Å²) in [5, 5.41) is 0. The van der Waals surface area contributed by atoms with Gasteiger partial charge in [0.15, 0.2) is 17.0 Å². The molecule has 0 saturated carbocycles. The van der Waals surface area contributed by atoms with Gasteiger partial charge in [0, 0.05) is 20.0 Å². The molecule has 0 bridgehead atoms. The van der Waals surface area contributed by atoms with Crippen molar-refractivity contribution in [3.63, 3.8) is 0 Å². The highest BCUT2D eigenvalue weighted by atomic mass is 16.5. The zero-order valence-electron chi connectivity index (χ0n) is 14.9. The molecule has 0 spiro atoms. The summed E-state index contributed by atoms with van der Waals surface area (Å²) in [6.45, 7) is 8.35. The third kappa shape index (κ3) is 3.24. The van der Waals surface area contributed by atoms with E-state index in [2.05, 4.69) is 28.8 Å². The van der Waals surface area contributed by atoms with Crippen molar-refractivity contribution in [3.8, 4) is 0 Å². The smallest absolute Gasteiger partial charge is 0.224 e. The molecule has 3 heterocycles. The molecule has 0 amide bonds. The maximum Gasteiger partial charge on any atom is 0.224 e. The molecular weight excluding hydrogens is 292 g/mol. The number of hydrogen-bond acceptors (Lipinski definition) is 6. The van der Waals surface area contributed by atoms with Crippen LogP contribution < -0.4 is 10.6 Å². The highest BCUT2D eigenvalue weighted by Crippen LogP contribution is 2.37. The van der Waals surface area contributed by atoms with Crippen LogP contribution in [0.2, 0.25) is 0 Å². The molecule has 128 valence electrons. The Labute approximate surface area is 137 Å². The van der Waals surface area contributed by atoms with Crippen LogP contribution in [0.25, 0.3) is 11.2 Å². The maximum absolute atomic E-state index is 6.12. The van der Waals surface area contributed by atoms with Crippen LogP contribution in [0.15, 0.2) is 6.33 Å². The second kappa shape index (κ2) is 7.12. The lowest BCUT2D eigenvalue weighted by Crippen LogP contribution is -2.16. The van der Waals surface area contributed by atoms with Gasteiger partial charge in [0.2, 0.25) is 5.95 Å². The van der Waals surface area contributed by atoms with E-state index >= 15 is 0 Å². The number of fused-ring (bicyclic) bond motifs is 1. The number of nitrogens with two attached hydrogens (primary N) is 1. The molecule has 7 nitrogen and oxygen atoms in total. The number of aromatic nitrogens is 4. The maximum atomic E-state index is 6.12. The van der Waals surface area contributed by atoms with Gasteiger partial charge < -0.3 is 15.4 Å². The molecule has 1 aliphatic heterocycles. The summed E-state index contributed by atoms with van der Waals surface area (Å²) in [4.78, 5) is 15.0. The number of ether oxygens (including phenoxy) is 1. The number of nitrogen functional groups attached to an aromatic ring is 1. The molecule has 0 aliphatic carbocycles. The standard InChI is InChI=1S/C14H22N6O.C2H6/c1-5-9-6-8(2)13(21-9)20-7-16-10-11(19(3)4)17-14(15)18-12(10)20;1-2/h7-9,13H,5-6H2,1-4H3,(H2,15,17,18);1-2H3/t8-,9+,13+;/m0./s1. The first-order valence-electron chi connectivity index (χ1n) is 8.34. The Balaban J connectivity index is 0.000000924. The Morgan fingerprint density at radius 2 is 2.04 bits per heavy atom. The van der Waals surface area contributed by atoms with Crippen molar-refractivity contribution in [1.29, 1.82) is 0 Å². The fourth-order valence-corrected chi connectivity index (χ4v) is 2.94. The zero-order chi connectivity index (χ0) is 17.1. The van der Waals surface area contributed by atoms with Crippen LogP contribution in [0.3, 0.4) is 0 Å². The fourth-order valence-electron chi connectivity index (χ4n) is 2.94. The lowest BCUT2D eigenvalue weighted by atomic mass is 10.0. The van der Waals surface area contributed by atoms with Crippen molar-refractivity contribution in [1.82, 2.24) is 19.5 Å². The van der Waals surface area contributed by atoms with Crippen LogP contribution in [0.1, 0.15) is 46.8 Å². The van der Waals surface area contributed by atoms with Crippen molar-refractivity contribution in [2.45, 2.75) is 52.9 Å². The molecule has 2 aromatic rings. The number of anilines is 2. The van der Waals surface area contributed by atoms with Gasteiger partial charge in [-0.05, 0) is 12.8 Å². The van der Waals surface area contributed by atoms with Crippen molar-refractivity contribution < 1.29 is 4.74 Å². The van der Waals surface area contributed by atoms with Crippen LogP contribution >= 0.6 is 0 Å². The summed E-state index contributed by atoms with van der Waals surface area (Å²) in [5.74, 6) is 1.41. The van der Waals surface area contributed by atoms with E-state index in [1.54, 1.807) is 6.33 Å². The number of rotatable bonds is 3. The molecule has 2 N–H and O–H groups in total. The van der Waals surface area contributed by atoms with Gasteiger partial charge in [-0.15, -0.1) is 0 Å². The quantitative estimate of drug-likeness (QED) is 0.936. The number of hydrogen-bond donors (Lipinski definition) is 1. The largest absolute Gasteiger partial charge is 0.368 e. The second-order valence-corrected chi connectivity index (χ2v) is 5.89. The molecule has 2 aromatic heterocycles. The van der Waals surface area contributed by atoms with Gasteiger partial charge in [0.1, 0.15) is 6.23 Å². The first-order chi connectivity index (χ1) is 11.0. The van der Waals surface area contributed by atoms with Gasteiger partial charge in [-0.25, -0.2) is 4.98 Å². The Morgan fingerprint density at radius 3 is 2.61 bits per heavy atom. The number of nitrogens with zero attached hydrogens (tertiary/aromatic N) is 5. The van der Waals surface area contributed by atoms with Gasteiger partial charge in [0.05, 0.1) is 12.4 Å². The molecule has 1 saturated heterocycles. The van der Waals surface area contributed by atoms with E-state index in [4.69, 9.17) is 10.5 Å². The monoisotopic (exact) mass is 320 g/mol. The molecule has 1 fully saturated rings. The van der Waals surface area contributed by atoms with E-state index in [-0.39, 0.29) is 12.2 Å².